The maximum atomic E-state index is 12.2. The molecule has 1 saturated carbocycles. The van der Waals surface area contributed by atoms with Crippen LogP contribution >= 0.6 is 0 Å². The third kappa shape index (κ3) is 3.70. The zero-order valence-corrected chi connectivity index (χ0v) is 12.6. The summed E-state index contributed by atoms with van der Waals surface area (Å²) in [4.78, 5) is 10.4. The van der Waals surface area contributed by atoms with Gasteiger partial charge in [-0.25, -0.2) is 13.1 Å². The van der Waals surface area contributed by atoms with Gasteiger partial charge in [0.15, 0.2) is 0 Å². The Kier molecular flexibility index (Phi) is 4.79. The average Bonchev–Trinajstić information content (AvgIpc) is 2.37. The fraction of sp³-hybridized carbons (Fsp3) is 0.538. The van der Waals surface area contributed by atoms with Gasteiger partial charge in [-0.3, -0.25) is 10.1 Å². The standard InChI is InChI=1S/C13H19N3O4S/c1-2-14-12-7-6-11(8-13(12)16(17)18)21(19,20)15-9-10-4-3-5-10/h6-8,10,14-15H,2-5,9H2,1H3. The summed E-state index contributed by atoms with van der Waals surface area (Å²) < 4.78 is 26.9. The number of anilines is 1. The SMILES string of the molecule is CCNc1ccc(S(=O)(=O)NCC2CCC2)cc1[N+](=O)[O-]. The van der Waals surface area contributed by atoms with Crippen molar-refractivity contribution in [3.63, 3.8) is 0 Å². The minimum absolute atomic E-state index is 0.0739. The molecule has 0 aliphatic heterocycles. The monoisotopic (exact) mass is 313 g/mol. The van der Waals surface area contributed by atoms with Crippen molar-refractivity contribution < 1.29 is 13.3 Å². The first-order chi connectivity index (χ1) is 9.94. The molecule has 0 spiro atoms. The smallest absolute Gasteiger partial charge is 0.293 e. The van der Waals surface area contributed by atoms with E-state index in [4.69, 9.17) is 0 Å². The third-order valence-corrected chi connectivity index (χ3v) is 5.05. The van der Waals surface area contributed by atoms with Gasteiger partial charge in [0.25, 0.3) is 5.69 Å². The van der Waals surface area contributed by atoms with Crippen molar-refractivity contribution in [1.29, 1.82) is 0 Å². The second-order valence-corrected chi connectivity index (χ2v) is 6.88. The molecule has 0 aromatic heterocycles. The van der Waals surface area contributed by atoms with Crippen LogP contribution in [-0.4, -0.2) is 26.4 Å². The Bertz CT molecular complexity index is 626. The first-order valence-electron chi connectivity index (χ1n) is 6.96. The molecule has 0 bridgehead atoms. The van der Waals surface area contributed by atoms with Crippen LogP contribution in [0.1, 0.15) is 26.2 Å². The quantitative estimate of drug-likeness (QED) is 0.593. The van der Waals surface area contributed by atoms with Crippen LogP contribution in [0.4, 0.5) is 11.4 Å². The lowest BCUT2D eigenvalue weighted by atomic mass is 9.86. The number of hydrogen-bond acceptors (Lipinski definition) is 5. The molecule has 7 nitrogen and oxygen atoms in total. The zero-order valence-electron chi connectivity index (χ0n) is 11.8. The maximum absolute atomic E-state index is 12.2. The molecule has 0 atom stereocenters. The third-order valence-electron chi connectivity index (χ3n) is 3.63. The van der Waals surface area contributed by atoms with E-state index >= 15 is 0 Å². The minimum atomic E-state index is -3.70. The number of sulfonamides is 1. The number of nitro groups is 1. The number of rotatable bonds is 7. The topological polar surface area (TPSA) is 101 Å². The fourth-order valence-corrected chi connectivity index (χ4v) is 3.31. The van der Waals surface area contributed by atoms with E-state index in [1.165, 1.54) is 12.1 Å². The Hall–Kier alpha value is -1.67. The van der Waals surface area contributed by atoms with Crippen molar-refractivity contribution in [1.82, 2.24) is 4.72 Å². The summed E-state index contributed by atoms with van der Waals surface area (Å²) in [5, 5.41) is 13.9. The van der Waals surface area contributed by atoms with Crippen molar-refractivity contribution in [2.45, 2.75) is 31.1 Å². The summed E-state index contributed by atoms with van der Waals surface area (Å²) >= 11 is 0. The van der Waals surface area contributed by atoms with Gasteiger partial charge in [-0.05, 0) is 37.8 Å². The van der Waals surface area contributed by atoms with Crippen LogP contribution in [0.2, 0.25) is 0 Å². The lowest BCUT2D eigenvalue weighted by molar-refractivity contribution is -0.384. The molecular weight excluding hydrogens is 294 g/mol. The number of nitrogens with zero attached hydrogens (tertiary/aromatic N) is 1. The fourth-order valence-electron chi connectivity index (χ4n) is 2.18. The van der Waals surface area contributed by atoms with Crippen LogP contribution < -0.4 is 10.0 Å². The van der Waals surface area contributed by atoms with Crippen molar-refractivity contribution in [2.24, 2.45) is 5.92 Å². The summed E-state index contributed by atoms with van der Waals surface area (Å²) in [5.41, 5.74) is 0.0869. The molecule has 2 N–H and O–H groups in total. The van der Waals surface area contributed by atoms with Gasteiger partial charge in [0.05, 0.1) is 9.82 Å². The van der Waals surface area contributed by atoms with Crippen LogP contribution in [0.5, 0.6) is 0 Å². The van der Waals surface area contributed by atoms with Gasteiger partial charge in [0.1, 0.15) is 5.69 Å². The highest BCUT2D eigenvalue weighted by Gasteiger charge is 2.24. The van der Waals surface area contributed by atoms with Gasteiger partial charge >= 0.3 is 0 Å². The summed E-state index contributed by atoms with van der Waals surface area (Å²) in [6.45, 7) is 2.73. The Morgan fingerprint density at radius 3 is 2.62 bits per heavy atom. The molecule has 1 fully saturated rings. The second kappa shape index (κ2) is 6.40. The van der Waals surface area contributed by atoms with E-state index in [2.05, 4.69) is 10.0 Å². The molecule has 0 unspecified atom stereocenters. The largest absolute Gasteiger partial charge is 0.380 e. The molecule has 0 amide bonds. The number of nitrogens with one attached hydrogen (secondary N) is 2. The van der Waals surface area contributed by atoms with Gasteiger partial charge in [-0.2, -0.15) is 0 Å². The molecule has 1 aromatic carbocycles. The van der Waals surface area contributed by atoms with E-state index in [9.17, 15) is 18.5 Å². The van der Waals surface area contributed by atoms with Crippen LogP contribution in [0.3, 0.4) is 0 Å². The van der Waals surface area contributed by atoms with E-state index in [0.29, 0.717) is 24.7 Å². The van der Waals surface area contributed by atoms with E-state index in [1.54, 1.807) is 0 Å². The molecule has 1 aliphatic rings. The van der Waals surface area contributed by atoms with Crippen molar-refractivity contribution in [3.05, 3.63) is 28.3 Å². The molecule has 8 heteroatoms. The Morgan fingerprint density at radius 1 is 1.38 bits per heavy atom. The predicted octanol–water partition coefficient (Wildman–Crippen LogP) is 2.10. The number of hydrogen-bond donors (Lipinski definition) is 2. The van der Waals surface area contributed by atoms with E-state index in [0.717, 1.165) is 25.3 Å². The molecule has 1 aromatic rings. The average molecular weight is 313 g/mol. The summed E-state index contributed by atoms with van der Waals surface area (Å²) in [7, 11) is -3.70. The molecule has 0 saturated heterocycles. The molecule has 2 rings (SSSR count). The van der Waals surface area contributed by atoms with Crippen molar-refractivity contribution in [3.8, 4) is 0 Å². The highest BCUT2D eigenvalue weighted by atomic mass is 32.2. The van der Waals surface area contributed by atoms with Gasteiger partial charge < -0.3 is 5.32 Å². The van der Waals surface area contributed by atoms with Crippen LogP contribution in [0.25, 0.3) is 0 Å². The molecule has 1 aliphatic carbocycles. The summed E-state index contributed by atoms with van der Waals surface area (Å²) in [5.74, 6) is 0.385. The van der Waals surface area contributed by atoms with Crippen LogP contribution in [-0.2, 0) is 10.0 Å². The van der Waals surface area contributed by atoms with Crippen molar-refractivity contribution in [2.75, 3.05) is 18.4 Å². The van der Waals surface area contributed by atoms with E-state index in [1.807, 2.05) is 6.92 Å². The highest BCUT2D eigenvalue weighted by molar-refractivity contribution is 7.89. The van der Waals surface area contributed by atoms with Crippen LogP contribution in [0.15, 0.2) is 23.1 Å². The summed E-state index contributed by atoms with van der Waals surface area (Å²) in [6.07, 6.45) is 3.19. The van der Waals surface area contributed by atoms with E-state index in [-0.39, 0.29) is 10.6 Å². The molecule has 116 valence electrons. The zero-order chi connectivity index (χ0) is 15.5. The van der Waals surface area contributed by atoms with Gasteiger partial charge in [-0.1, -0.05) is 6.42 Å². The Labute approximate surface area is 123 Å². The van der Waals surface area contributed by atoms with Gasteiger partial charge in [-0.15, -0.1) is 0 Å². The molecule has 0 heterocycles. The second-order valence-electron chi connectivity index (χ2n) is 5.12. The molecule has 21 heavy (non-hydrogen) atoms. The van der Waals surface area contributed by atoms with Crippen LogP contribution in [0, 0.1) is 16.0 Å². The minimum Gasteiger partial charge on any atom is -0.380 e. The normalized spacial score (nSPS) is 15.5. The maximum Gasteiger partial charge on any atom is 0.293 e. The molecule has 0 radical (unpaired) electrons. The Balaban J connectivity index is 2.21. The first kappa shape index (κ1) is 15.7. The highest BCUT2D eigenvalue weighted by Crippen LogP contribution is 2.28. The summed E-state index contributed by atoms with van der Waals surface area (Å²) in [6, 6.07) is 3.91. The Morgan fingerprint density at radius 2 is 2.10 bits per heavy atom. The van der Waals surface area contributed by atoms with E-state index < -0.39 is 14.9 Å². The first-order valence-corrected chi connectivity index (χ1v) is 8.44. The van der Waals surface area contributed by atoms with Gasteiger partial charge in [0, 0.05) is 19.2 Å². The predicted molar refractivity (Wildman–Crippen MR) is 79.8 cm³/mol. The number of benzene rings is 1. The number of nitro benzene ring substituents is 1. The van der Waals surface area contributed by atoms with Gasteiger partial charge in [0.2, 0.25) is 10.0 Å². The lowest BCUT2D eigenvalue weighted by Crippen LogP contribution is -2.32. The molecular formula is C13H19N3O4S. The van der Waals surface area contributed by atoms with Crippen molar-refractivity contribution >= 4 is 21.4 Å². The lowest BCUT2D eigenvalue weighted by Gasteiger charge is -2.25.